The summed E-state index contributed by atoms with van der Waals surface area (Å²) < 4.78 is 29.5. The summed E-state index contributed by atoms with van der Waals surface area (Å²) in [6.45, 7) is 7.93. The Balaban J connectivity index is 2.07. The van der Waals surface area contributed by atoms with Crippen molar-refractivity contribution in [3.63, 3.8) is 0 Å². The highest BCUT2D eigenvalue weighted by Gasteiger charge is 2.32. The molecule has 1 saturated carbocycles. The van der Waals surface area contributed by atoms with E-state index in [2.05, 4.69) is 24.1 Å². The number of sulfone groups is 1. The first kappa shape index (κ1) is 22.8. The van der Waals surface area contributed by atoms with Gasteiger partial charge in [0.2, 0.25) is 0 Å². The molecule has 0 spiro atoms. The molecule has 1 atom stereocenters. The standard InChI is InChI=1S/C20H31ClN2O4S/c1-4-23(5-2)17-10-11-18(15(3)12-17)22-20(24)27-19(13-28(25,26)14-21)16-8-6-7-9-16/h10-12,16,19H,4-9,13-14H2,1-3H3,(H,22,24). The van der Waals surface area contributed by atoms with E-state index in [0.717, 1.165) is 50.0 Å². The van der Waals surface area contributed by atoms with Crippen molar-refractivity contribution in [1.29, 1.82) is 0 Å². The summed E-state index contributed by atoms with van der Waals surface area (Å²) in [5.74, 6) is -0.163. The number of carbonyl (C=O) groups excluding carboxylic acids is 1. The van der Waals surface area contributed by atoms with Crippen LogP contribution >= 0.6 is 11.6 Å². The Kier molecular flexibility index (Phi) is 8.43. The number of nitrogens with zero attached hydrogens (tertiary/aromatic N) is 1. The average Bonchev–Trinajstić information content (AvgIpc) is 3.19. The predicted octanol–water partition coefficient (Wildman–Crippen LogP) is 4.56. The molecule has 2 rings (SSSR count). The number of amides is 1. The highest BCUT2D eigenvalue weighted by atomic mass is 35.5. The minimum Gasteiger partial charge on any atom is -0.445 e. The van der Waals surface area contributed by atoms with Crippen LogP contribution in [0, 0.1) is 12.8 Å². The molecule has 158 valence electrons. The van der Waals surface area contributed by atoms with Crippen LogP contribution in [-0.2, 0) is 14.6 Å². The number of hydrogen-bond acceptors (Lipinski definition) is 5. The third-order valence-corrected chi connectivity index (χ3v) is 7.51. The molecule has 1 aliphatic rings. The van der Waals surface area contributed by atoms with E-state index in [1.54, 1.807) is 0 Å². The minimum absolute atomic E-state index is 0.0647. The third-order valence-electron chi connectivity index (χ3n) is 5.34. The smallest absolute Gasteiger partial charge is 0.411 e. The molecule has 1 amide bonds. The molecule has 6 nitrogen and oxygen atoms in total. The van der Waals surface area contributed by atoms with Crippen LogP contribution in [0.1, 0.15) is 45.1 Å². The van der Waals surface area contributed by atoms with Crippen molar-refractivity contribution in [3.8, 4) is 0 Å². The van der Waals surface area contributed by atoms with Crippen molar-refractivity contribution in [3.05, 3.63) is 23.8 Å². The average molecular weight is 431 g/mol. The molecule has 0 bridgehead atoms. The van der Waals surface area contributed by atoms with Gasteiger partial charge < -0.3 is 9.64 Å². The Bertz CT molecular complexity index is 759. The van der Waals surface area contributed by atoms with Crippen molar-refractivity contribution >= 4 is 38.9 Å². The van der Waals surface area contributed by atoms with E-state index in [4.69, 9.17) is 16.3 Å². The van der Waals surface area contributed by atoms with Crippen LogP contribution in [0.15, 0.2) is 18.2 Å². The highest BCUT2D eigenvalue weighted by molar-refractivity contribution is 7.92. The summed E-state index contributed by atoms with van der Waals surface area (Å²) in [6.07, 6.45) is 2.50. The first-order valence-electron chi connectivity index (χ1n) is 9.89. The fraction of sp³-hybridized carbons (Fsp3) is 0.650. The number of anilines is 2. The van der Waals surface area contributed by atoms with Gasteiger partial charge in [-0.05, 0) is 63.3 Å². The topological polar surface area (TPSA) is 75.7 Å². The van der Waals surface area contributed by atoms with E-state index in [-0.39, 0.29) is 11.7 Å². The number of carbonyl (C=O) groups is 1. The third kappa shape index (κ3) is 6.27. The molecule has 1 aromatic rings. The molecule has 8 heteroatoms. The van der Waals surface area contributed by atoms with E-state index in [1.807, 2.05) is 25.1 Å². The van der Waals surface area contributed by atoms with Crippen molar-refractivity contribution in [2.24, 2.45) is 5.92 Å². The van der Waals surface area contributed by atoms with Crippen LogP contribution in [0.5, 0.6) is 0 Å². The summed E-state index contributed by atoms with van der Waals surface area (Å²) in [6, 6.07) is 5.83. The normalized spacial score (nSPS) is 16.0. The van der Waals surface area contributed by atoms with Gasteiger partial charge in [-0.15, -0.1) is 11.6 Å². The summed E-state index contributed by atoms with van der Waals surface area (Å²) in [7, 11) is -3.45. The zero-order chi connectivity index (χ0) is 20.7. The number of hydrogen-bond donors (Lipinski definition) is 1. The Hall–Kier alpha value is -1.47. The minimum atomic E-state index is -3.45. The molecular weight excluding hydrogens is 400 g/mol. The highest BCUT2D eigenvalue weighted by Crippen LogP contribution is 2.31. The Morgan fingerprint density at radius 3 is 2.46 bits per heavy atom. The lowest BCUT2D eigenvalue weighted by molar-refractivity contribution is 0.0872. The second-order valence-electron chi connectivity index (χ2n) is 7.30. The van der Waals surface area contributed by atoms with E-state index in [0.29, 0.717) is 5.69 Å². The quantitative estimate of drug-likeness (QED) is 0.581. The number of nitrogens with one attached hydrogen (secondary N) is 1. The van der Waals surface area contributed by atoms with Crippen LogP contribution < -0.4 is 10.2 Å². The number of alkyl halides is 1. The van der Waals surface area contributed by atoms with E-state index in [1.165, 1.54) is 0 Å². The molecule has 0 aromatic heterocycles. The van der Waals surface area contributed by atoms with Gasteiger partial charge in [0.25, 0.3) is 0 Å². The van der Waals surface area contributed by atoms with E-state index in [9.17, 15) is 13.2 Å². The SMILES string of the molecule is CCN(CC)c1ccc(NC(=O)OC(CS(=O)(=O)CCl)C2CCCC2)c(C)c1. The lowest BCUT2D eigenvalue weighted by Gasteiger charge is -2.24. The maximum atomic E-state index is 12.5. The fourth-order valence-corrected chi connectivity index (χ4v) is 4.94. The molecule has 0 saturated heterocycles. The molecule has 0 aliphatic heterocycles. The second kappa shape index (κ2) is 10.3. The van der Waals surface area contributed by atoms with Crippen LogP contribution in [0.25, 0.3) is 0 Å². The number of benzene rings is 1. The van der Waals surface area contributed by atoms with Gasteiger partial charge in [0.1, 0.15) is 11.3 Å². The van der Waals surface area contributed by atoms with Crippen molar-refractivity contribution in [2.45, 2.75) is 52.6 Å². The molecule has 1 N–H and O–H groups in total. The van der Waals surface area contributed by atoms with Crippen LogP contribution in [0.3, 0.4) is 0 Å². The van der Waals surface area contributed by atoms with Gasteiger partial charge in [-0.25, -0.2) is 13.2 Å². The largest absolute Gasteiger partial charge is 0.445 e. The maximum Gasteiger partial charge on any atom is 0.411 e. The fourth-order valence-electron chi connectivity index (χ4n) is 3.74. The van der Waals surface area contributed by atoms with Gasteiger partial charge >= 0.3 is 6.09 Å². The summed E-state index contributed by atoms with van der Waals surface area (Å²) >= 11 is 5.55. The van der Waals surface area contributed by atoms with Crippen molar-refractivity contribution in [2.75, 3.05) is 34.3 Å². The second-order valence-corrected chi connectivity index (χ2v) is 10.00. The number of halogens is 1. The lowest BCUT2D eigenvalue weighted by Crippen LogP contribution is -2.34. The van der Waals surface area contributed by atoms with E-state index >= 15 is 0 Å². The van der Waals surface area contributed by atoms with Gasteiger partial charge in [-0.3, -0.25) is 5.32 Å². The summed E-state index contributed by atoms with van der Waals surface area (Å²) in [4.78, 5) is 14.7. The van der Waals surface area contributed by atoms with Crippen LogP contribution in [-0.4, -0.2) is 44.7 Å². The van der Waals surface area contributed by atoms with Crippen molar-refractivity contribution in [1.82, 2.24) is 0 Å². The molecule has 1 fully saturated rings. The number of aryl methyl sites for hydroxylation is 1. The predicted molar refractivity (Wildman–Crippen MR) is 115 cm³/mol. The molecule has 1 aromatic carbocycles. The van der Waals surface area contributed by atoms with Gasteiger partial charge in [0.05, 0.1) is 5.75 Å². The number of rotatable bonds is 9. The Morgan fingerprint density at radius 2 is 1.93 bits per heavy atom. The molecule has 1 unspecified atom stereocenters. The van der Waals surface area contributed by atoms with Gasteiger partial charge in [-0.2, -0.15) is 0 Å². The van der Waals surface area contributed by atoms with Crippen LogP contribution in [0.4, 0.5) is 16.2 Å². The monoisotopic (exact) mass is 430 g/mol. The molecule has 1 aliphatic carbocycles. The summed E-state index contributed by atoms with van der Waals surface area (Å²) in [5, 5.41) is 2.30. The Labute approximate surface area is 173 Å². The first-order valence-corrected chi connectivity index (χ1v) is 12.2. The lowest BCUT2D eigenvalue weighted by atomic mass is 10.0. The number of ether oxygens (including phenoxy) is 1. The van der Waals surface area contributed by atoms with Gasteiger partial charge in [-0.1, -0.05) is 12.8 Å². The van der Waals surface area contributed by atoms with Crippen molar-refractivity contribution < 1.29 is 17.9 Å². The van der Waals surface area contributed by atoms with Gasteiger partial charge in [0, 0.05) is 24.5 Å². The maximum absolute atomic E-state index is 12.5. The molecule has 28 heavy (non-hydrogen) atoms. The summed E-state index contributed by atoms with van der Waals surface area (Å²) in [5.41, 5.74) is 2.68. The zero-order valence-electron chi connectivity index (χ0n) is 16.9. The molecule has 0 heterocycles. The van der Waals surface area contributed by atoms with Gasteiger partial charge in [0.15, 0.2) is 9.84 Å². The molecule has 0 radical (unpaired) electrons. The van der Waals surface area contributed by atoms with Crippen LogP contribution in [0.2, 0.25) is 0 Å². The van der Waals surface area contributed by atoms with E-state index < -0.39 is 27.2 Å². The zero-order valence-corrected chi connectivity index (χ0v) is 18.5. The molecular formula is C20H31ClN2O4S. The Morgan fingerprint density at radius 1 is 1.29 bits per heavy atom. The first-order chi connectivity index (χ1) is 13.3.